The number of hydrogen-bond acceptors (Lipinski definition) is 2. The lowest BCUT2D eigenvalue weighted by Crippen LogP contribution is -2.16. The van der Waals surface area contributed by atoms with Gasteiger partial charge in [0, 0.05) is 25.7 Å². The standard InChI is InChI=1S/C14H23N3/c1-11-3-6-17-10-13(15-14(17)7-11)8-12-4-5-16(2)9-12/h10-12H,3-9H2,1-2H3. The smallest absolute Gasteiger partial charge is 0.109 e. The van der Waals surface area contributed by atoms with Crippen LogP contribution in [0.25, 0.3) is 0 Å². The number of fused-ring (bicyclic) bond motifs is 1. The van der Waals surface area contributed by atoms with Gasteiger partial charge in [-0.25, -0.2) is 4.98 Å². The minimum atomic E-state index is 0.815. The third kappa shape index (κ3) is 2.39. The molecule has 3 heteroatoms. The summed E-state index contributed by atoms with van der Waals surface area (Å²) in [6.45, 7) is 6.02. The van der Waals surface area contributed by atoms with Gasteiger partial charge in [-0.3, -0.25) is 0 Å². The summed E-state index contributed by atoms with van der Waals surface area (Å²) in [5, 5.41) is 0. The highest BCUT2D eigenvalue weighted by molar-refractivity contribution is 5.08. The highest BCUT2D eigenvalue weighted by atomic mass is 15.1. The molecule has 1 aromatic rings. The molecule has 2 aliphatic heterocycles. The molecule has 2 unspecified atom stereocenters. The normalized spacial score (nSPS) is 29.5. The molecule has 0 N–H and O–H groups in total. The molecular formula is C14H23N3. The minimum absolute atomic E-state index is 0.815. The molecule has 1 aromatic heterocycles. The van der Waals surface area contributed by atoms with E-state index in [-0.39, 0.29) is 0 Å². The Balaban J connectivity index is 1.68. The summed E-state index contributed by atoms with van der Waals surface area (Å²) < 4.78 is 2.38. The Morgan fingerprint density at radius 2 is 2.24 bits per heavy atom. The van der Waals surface area contributed by atoms with Crippen LogP contribution in [0.1, 0.15) is 31.3 Å². The average Bonchev–Trinajstić information content (AvgIpc) is 2.84. The van der Waals surface area contributed by atoms with Crippen LogP contribution in [0.4, 0.5) is 0 Å². The van der Waals surface area contributed by atoms with Crippen LogP contribution in [0, 0.1) is 11.8 Å². The molecule has 2 aliphatic rings. The number of aryl methyl sites for hydroxylation is 1. The summed E-state index contributed by atoms with van der Waals surface area (Å²) in [6.07, 6.45) is 7.31. The van der Waals surface area contributed by atoms with E-state index in [0.717, 1.165) is 11.8 Å². The summed E-state index contributed by atoms with van der Waals surface area (Å²) in [7, 11) is 2.22. The first kappa shape index (κ1) is 11.3. The van der Waals surface area contributed by atoms with Gasteiger partial charge in [0.15, 0.2) is 0 Å². The van der Waals surface area contributed by atoms with E-state index < -0.39 is 0 Å². The second-order valence-corrected chi connectivity index (χ2v) is 6.06. The summed E-state index contributed by atoms with van der Waals surface area (Å²) in [5.41, 5.74) is 1.33. The molecule has 94 valence electrons. The van der Waals surface area contributed by atoms with E-state index in [1.807, 2.05) is 0 Å². The van der Waals surface area contributed by atoms with Crippen LogP contribution < -0.4 is 0 Å². The van der Waals surface area contributed by atoms with E-state index >= 15 is 0 Å². The zero-order chi connectivity index (χ0) is 11.8. The maximum Gasteiger partial charge on any atom is 0.109 e. The largest absolute Gasteiger partial charge is 0.335 e. The summed E-state index contributed by atoms with van der Waals surface area (Å²) in [4.78, 5) is 7.27. The van der Waals surface area contributed by atoms with Gasteiger partial charge in [-0.1, -0.05) is 6.92 Å². The third-order valence-corrected chi connectivity index (χ3v) is 4.29. The highest BCUT2D eigenvalue weighted by Crippen LogP contribution is 2.23. The summed E-state index contributed by atoms with van der Waals surface area (Å²) >= 11 is 0. The molecule has 0 bridgehead atoms. The highest BCUT2D eigenvalue weighted by Gasteiger charge is 2.22. The lowest BCUT2D eigenvalue weighted by molar-refractivity contribution is 0.393. The fourth-order valence-electron chi connectivity index (χ4n) is 3.23. The average molecular weight is 233 g/mol. The molecule has 0 spiro atoms. The number of hydrogen-bond donors (Lipinski definition) is 0. The second kappa shape index (κ2) is 4.45. The SMILES string of the molecule is CC1CCn2cc(CC3CCN(C)C3)nc2C1. The summed E-state index contributed by atoms with van der Waals surface area (Å²) in [5.74, 6) is 2.97. The zero-order valence-corrected chi connectivity index (χ0v) is 11.0. The Bertz CT molecular complexity index is 396. The molecule has 0 saturated carbocycles. The Morgan fingerprint density at radius 3 is 3.00 bits per heavy atom. The predicted molar refractivity (Wildman–Crippen MR) is 69.0 cm³/mol. The molecule has 2 atom stereocenters. The number of imidazole rings is 1. The first-order valence-corrected chi connectivity index (χ1v) is 6.94. The van der Waals surface area contributed by atoms with Gasteiger partial charge >= 0.3 is 0 Å². The first-order valence-electron chi connectivity index (χ1n) is 6.94. The van der Waals surface area contributed by atoms with Crippen molar-refractivity contribution in [2.24, 2.45) is 11.8 Å². The number of likely N-dealkylation sites (tertiary alicyclic amines) is 1. The monoisotopic (exact) mass is 233 g/mol. The van der Waals surface area contributed by atoms with Crippen molar-refractivity contribution in [1.82, 2.24) is 14.5 Å². The fourth-order valence-corrected chi connectivity index (χ4v) is 3.23. The second-order valence-electron chi connectivity index (χ2n) is 6.06. The van der Waals surface area contributed by atoms with Crippen LogP contribution in [0.15, 0.2) is 6.20 Å². The van der Waals surface area contributed by atoms with Crippen LogP contribution >= 0.6 is 0 Å². The van der Waals surface area contributed by atoms with E-state index in [4.69, 9.17) is 4.98 Å². The quantitative estimate of drug-likeness (QED) is 0.778. The molecule has 1 saturated heterocycles. The Kier molecular flexibility index (Phi) is 2.95. The topological polar surface area (TPSA) is 21.1 Å². The Labute approximate surface area is 104 Å². The van der Waals surface area contributed by atoms with E-state index in [2.05, 4.69) is 29.6 Å². The number of nitrogens with zero attached hydrogens (tertiary/aromatic N) is 3. The van der Waals surface area contributed by atoms with Gasteiger partial charge in [-0.2, -0.15) is 0 Å². The van der Waals surface area contributed by atoms with Crippen molar-refractivity contribution < 1.29 is 0 Å². The molecule has 3 heterocycles. The molecule has 3 nitrogen and oxygen atoms in total. The molecular weight excluding hydrogens is 210 g/mol. The van der Waals surface area contributed by atoms with E-state index in [9.17, 15) is 0 Å². The van der Waals surface area contributed by atoms with Crippen molar-refractivity contribution in [3.8, 4) is 0 Å². The van der Waals surface area contributed by atoms with Crippen LogP contribution in [0.2, 0.25) is 0 Å². The first-order chi connectivity index (χ1) is 8.20. The Hall–Kier alpha value is -0.830. The predicted octanol–water partition coefficient (Wildman–Crippen LogP) is 1.96. The Morgan fingerprint density at radius 1 is 1.35 bits per heavy atom. The van der Waals surface area contributed by atoms with Crippen molar-refractivity contribution in [3.63, 3.8) is 0 Å². The third-order valence-electron chi connectivity index (χ3n) is 4.29. The van der Waals surface area contributed by atoms with E-state index in [1.54, 1.807) is 0 Å². The van der Waals surface area contributed by atoms with Crippen molar-refractivity contribution in [1.29, 1.82) is 0 Å². The fraction of sp³-hybridized carbons (Fsp3) is 0.786. The lowest BCUT2D eigenvalue weighted by atomic mass is 10.0. The van der Waals surface area contributed by atoms with E-state index in [1.165, 1.54) is 56.8 Å². The van der Waals surface area contributed by atoms with Gasteiger partial charge in [-0.15, -0.1) is 0 Å². The maximum absolute atomic E-state index is 4.83. The van der Waals surface area contributed by atoms with Crippen LogP contribution in [0.3, 0.4) is 0 Å². The van der Waals surface area contributed by atoms with Gasteiger partial charge in [0.2, 0.25) is 0 Å². The van der Waals surface area contributed by atoms with Gasteiger partial charge in [0.1, 0.15) is 5.82 Å². The van der Waals surface area contributed by atoms with Crippen LogP contribution in [-0.2, 0) is 19.4 Å². The van der Waals surface area contributed by atoms with Crippen LogP contribution in [-0.4, -0.2) is 34.6 Å². The van der Waals surface area contributed by atoms with Crippen LogP contribution in [0.5, 0.6) is 0 Å². The maximum atomic E-state index is 4.83. The molecule has 17 heavy (non-hydrogen) atoms. The molecule has 0 aromatic carbocycles. The van der Waals surface area contributed by atoms with Gasteiger partial charge in [-0.05, 0) is 44.7 Å². The van der Waals surface area contributed by atoms with Gasteiger partial charge in [0.05, 0.1) is 5.69 Å². The zero-order valence-electron chi connectivity index (χ0n) is 11.0. The van der Waals surface area contributed by atoms with Crippen molar-refractivity contribution in [2.45, 2.75) is 39.2 Å². The van der Waals surface area contributed by atoms with Crippen molar-refractivity contribution in [3.05, 3.63) is 17.7 Å². The molecule has 1 fully saturated rings. The van der Waals surface area contributed by atoms with Crippen molar-refractivity contribution in [2.75, 3.05) is 20.1 Å². The lowest BCUT2D eigenvalue weighted by Gasteiger charge is -2.18. The van der Waals surface area contributed by atoms with Crippen molar-refractivity contribution >= 4 is 0 Å². The molecule has 3 rings (SSSR count). The van der Waals surface area contributed by atoms with Gasteiger partial charge in [0.25, 0.3) is 0 Å². The van der Waals surface area contributed by atoms with E-state index in [0.29, 0.717) is 0 Å². The molecule has 0 radical (unpaired) electrons. The molecule has 0 amide bonds. The summed E-state index contributed by atoms with van der Waals surface area (Å²) in [6, 6.07) is 0. The number of aromatic nitrogens is 2. The number of rotatable bonds is 2. The minimum Gasteiger partial charge on any atom is -0.335 e. The van der Waals surface area contributed by atoms with Gasteiger partial charge < -0.3 is 9.47 Å². The molecule has 0 aliphatic carbocycles.